The Bertz CT molecular complexity index is 1270. The van der Waals surface area contributed by atoms with E-state index in [4.69, 9.17) is 4.74 Å². The Morgan fingerprint density at radius 3 is 2.72 bits per heavy atom. The first-order valence-electron chi connectivity index (χ1n) is 12.2. The van der Waals surface area contributed by atoms with Crippen molar-refractivity contribution >= 4 is 42.6 Å². The number of hydrogen-bond acceptors (Lipinski definition) is 5. The fraction of sp³-hybridized carbons (Fsp3) is 0.423. The zero-order valence-electron chi connectivity index (χ0n) is 20.5. The molecular formula is C26H30FIN4O3Si. The van der Waals surface area contributed by atoms with Crippen LogP contribution in [0, 0.1) is 9.49 Å². The average Bonchev–Trinajstić information content (AvgIpc) is 3.50. The number of fused-ring (bicyclic) bond motifs is 2. The molecule has 36 heavy (non-hydrogen) atoms. The third-order valence-corrected chi connectivity index (χ3v) is 10.7. The quantitative estimate of drug-likeness (QED) is 0.225. The maximum atomic E-state index is 15.7. The zero-order valence-corrected chi connectivity index (χ0v) is 23.6. The van der Waals surface area contributed by atoms with E-state index in [2.05, 4.69) is 38.2 Å². The topological polar surface area (TPSA) is 89.3 Å². The number of nitrogens with one attached hydrogen (secondary N) is 1. The van der Waals surface area contributed by atoms with E-state index in [-0.39, 0.29) is 29.9 Å². The lowest BCUT2D eigenvalue weighted by Crippen LogP contribution is -2.42. The van der Waals surface area contributed by atoms with Gasteiger partial charge in [0.15, 0.2) is 5.60 Å². The van der Waals surface area contributed by atoms with Crippen molar-refractivity contribution in [3.05, 3.63) is 75.1 Å². The van der Waals surface area contributed by atoms with Crippen LogP contribution in [0.4, 0.5) is 9.80 Å². The van der Waals surface area contributed by atoms with E-state index in [1.807, 2.05) is 61.7 Å². The van der Waals surface area contributed by atoms with Gasteiger partial charge in [-0.1, -0.05) is 42.5 Å². The van der Waals surface area contributed by atoms with Crippen LogP contribution in [-0.4, -0.2) is 47.1 Å². The highest BCUT2D eigenvalue weighted by atomic mass is 127. The van der Waals surface area contributed by atoms with E-state index in [9.17, 15) is 9.90 Å². The minimum absolute atomic E-state index is 0.0779. The maximum absolute atomic E-state index is 15.7. The Morgan fingerprint density at radius 2 is 2.03 bits per heavy atom. The van der Waals surface area contributed by atoms with Gasteiger partial charge in [-0.3, -0.25) is 9.48 Å². The molecule has 2 aliphatic heterocycles. The molecule has 1 unspecified atom stereocenters. The third-order valence-electron chi connectivity index (χ3n) is 7.62. The molecule has 0 saturated carbocycles. The SMILES string of the molecule is C[C@@H]1[C@@H]([Si](C)(C)F)[C@H](CCn2cc(C(CO)c3ccccc3)nn2)O[C@@]12C(=O)Nc1ccc(I)cc12. The molecule has 1 amide bonds. The van der Waals surface area contributed by atoms with E-state index in [1.54, 1.807) is 17.8 Å². The number of aliphatic hydroxyl groups excluding tert-OH is 1. The first-order valence-corrected chi connectivity index (χ1v) is 16.2. The van der Waals surface area contributed by atoms with Gasteiger partial charge in [-0.25, -0.2) is 0 Å². The van der Waals surface area contributed by atoms with E-state index in [0.29, 0.717) is 18.7 Å². The number of amides is 1. The van der Waals surface area contributed by atoms with Gasteiger partial charge in [-0.2, -0.15) is 0 Å². The van der Waals surface area contributed by atoms with Crippen molar-refractivity contribution in [1.29, 1.82) is 0 Å². The van der Waals surface area contributed by atoms with Crippen LogP contribution in [0.15, 0.2) is 54.7 Å². The van der Waals surface area contributed by atoms with Gasteiger partial charge >= 0.3 is 0 Å². The largest absolute Gasteiger partial charge is 0.395 e. The van der Waals surface area contributed by atoms with Gasteiger partial charge in [0.25, 0.3) is 5.91 Å². The summed E-state index contributed by atoms with van der Waals surface area (Å²) >= 11 is 2.23. The molecule has 5 rings (SSSR count). The van der Waals surface area contributed by atoms with E-state index >= 15 is 4.11 Å². The third kappa shape index (κ3) is 4.31. The van der Waals surface area contributed by atoms with Gasteiger partial charge in [0.1, 0.15) is 0 Å². The predicted molar refractivity (Wildman–Crippen MR) is 146 cm³/mol. The number of carbonyl (C=O) groups is 1. The van der Waals surface area contributed by atoms with Crippen LogP contribution in [-0.2, 0) is 21.7 Å². The second kappa shape index (κ2) is 9.62. The van der Waals surface area contributed by atoms with Crippen LogP contribution in [0.25, 0.3) is 0 Å². The average molecular weight is 621 g/mol. The summed E-state index contributed by atoms with van der Waals surface area (Å²) in [5, 5.41) is 21.5. The summed E-state index contributed by atoms with van der Waals surface area (Å²) in [6, 6.07) is 15.5. The van der Waals surface area contributed by atoms with Crippen molar-refractivity contribution in [2.45, 2.75) is 56.1 Å². The first-order chi connectivity index (χ1) is 17.1. The van der Waals surface area contributed by atoms with E-state index < -0.39 is 20.1 Å². The molecule has 0 aliphatic carbocycles. The zero-order chi connectivity index (χ0) is 25.7. The summed E-state index contributed by atoms with van der Waals surface area (Å²) in [7, 11) is -3.19. The van der Waals surface area contributed by atoms with Gasteiger partial charge in [0.2, 0.25) is 8.41 Å². The number of aromatic nitrogens is 3. The molecule has 1 saturated heterocycles. The molecule has 7 nitrogen and oxygen atoms in total. The number of carbonyl (C=O) groups excluding carboxylic acids is 1. The van der Waals surface area contributed by atoms with E-state index in [0.717, 1.165) is 20.4 Å². The molecule has 10 heteroatoms. The molecule has 3 aromatic rings. The molecule has 1 spiro atoms. The highest BCUT2D eigenvalue weighted by Crippen LogP contribution is 2.58. The Morgan fingerprint density at radius 1 is 1.28 bits per heavy atom. The number of anilines is 1. The monoisotopic (exact) mass is 620 g/mol. The fourth-order valence-electron chi connectivity index (χ4n) is 6.01. The number of nitrogens with zero attached hydrogens (tertiary/aromatic N) is 3. The molecule has 0 bridgehead atoms. The Kier molecular flexibility index (Phi) is 6.81. The minimum atomic E-state index is -3.19. The van der Waals surface area contributed by atoms with Crippen molar-refractivity contribution in [2.24, 2.45) is 5.92 Å². The molecule has 0 radical (unpaired) electrons. The molecule has 2 N–H and O–H groups in total. The minimum Gasteiger partial charge on any atom is -0.395 e. The smallest absolute Gasteiger partial charge is 0.261 e. The first kappa shape index (κ1) is 25.5. The molecule has 3 heterocycles. The molecule has 5 atom stereocenters. The molecule has 2 aromatic carbocycles. The van der Waals surface area contributed by atoms with Crippen molar-refractivity contribution in [3.63, 3.8) is 0 Å². The van der Waals surface area contributed by atoms with Crippen LogP contribution in [0.5, 0.6) is 0 Å². The normalized spacial score (nSPS) is 26.3. The van der Waals surface area contributed by atoms with Gasteiger partial charge < -0.3 is 19.3 Å². The number of aliphatic hydroxyl groups is 1. The Hall–Kier alpha value is -2.15. The molecule has 190 valence electrons. The number of rotatable bonds is 7. The van der Waals surface area contributed by atoms with Crippen molar-refractivity contribution < 1.29 is 18.7 Å². The number of benzene rings is 2. The second-order valence-corrected chi connectivity index (χ2v) is 15.3. The summed E-state index contributed by atoms with van der Waals surface area (Å²) < 4.78 is 25.1. The van der Waals surface area contributed by atoms with Gasteiger partial charge in [0.05, 0.1) is 24.3 Å². The summed E-state index contributed by atoms with van der Waals surface area (Å²) in [5.74, 6) is -0.789. The number of ether oxygens (including phenoxy) is 1. The predicted octanol–water partition coefficient (Wildman–Crippen LogP) is 4.82. The van der Waals surface area contributed by atoms with Gasteiger partial charge in [0, 0.05) is 39.0 Å². The lowest BCUT2D eigenvalue weighted by molar-refractivity contribution is -0.143. The second-order valence-electron chi connectivity index (χ2n) is 10.3. The molecule has 1 aromatic heterocycles. The van der Waals surface area contributed by atoms with Crippen LogP contribution < -0.4 is 5.32 Å². The highest BCUT2D eigenvalue weighted by Gasteiger charge is 2.65. The maximum Gasteiger partial charge on any atom is 0.261 e. The molecule has 1 fully saturated rings. The highest BCUT2D eigenvalue weighted by molar-refractivity contribution is 14.1. The van der Waals surface area contributed by atoms with Crippen molar-refractivity contribution in [1.82, 2.24) is 15.0 Å². The lowest BCUT2D eigenvalue weighted by Gasteiger charge is -2.30. The van der Waals surface area contributed by atoms with Crippen LogP contribution in [0.1, 0.15) is 36.1 Å². The Labute approximate surface area is 224 Å². The van der Waals surface area contributed by atoms with Crippen LogP contribution in [0.2, 0.25) is 18.6 Å². The van der Waals surface area contributed by atoms with Crippen molar-refractivity contribution in [3.8, 4) is 0 Å². The fourth-order valence-corrected chi connectivity index (χ4v) is 9.04. The van der Waals surface area contributed by atoms with Crippen molar-refractivity contribution in [2.75, 3.05) is 11.9 Å². The summed E-state index contributed by atoms with van der Waals surface area (Å²) in [6.45, 7) is 5.74. The standard InChI is InChI=1S/C26H30FIN4O3Si/c1-16-24(36(2,3)27)23(35-26(16)20-13-18(28)9-10-21(20)29-25(26)34)11-12-32-14-22(30-31-32)19(15-33)17-7-5-4-6-8-17/h4-10,13-14,16,19,23-24,33H,11-12,15H2,1-3H3,(H,29,34)/t16-,19?,23+,24-,26+/m1/s1. The summed E-state index contributed by atoms with van der Waals surface area (Å²) in [5.41, 5.74) is 1.63. The van der Waals surface area contributed by atoms with Crippen LogP contribution >= 0.6 is 22.6 Å². The van der Waals surface area contributed by atoms with Gasteiger partial charge in [-0.05, 0) is 65.9 Å². The summed E-state index contributed by atoms with van der Waals surface area (Å²) in [6.07, 6.45) is 1.90. The number of aryl methyl sites for hydroxylation is 1. The lowest BCUT2D eigenvalue weighted by atomic mass is 9.82. The Balaban J connectivity index is 1.40. The summed E-state index contributed by atoms with van der Waals surface area (Å²) in [4.78, 5) is 13.3. The van der Waals surface area contributed by atoms with E-state index in [1.165, 1.54) is 0 Å². The molecular weight excluding hydrogens is 590 g/mol. The molecule has 2 aliphatic rings. The van der Waals surface area contributed by atoms with Gasteiger partial charge in [-0.15, -0.1) is 5.10 Å². The number of hydrogen-bond donors (Lipinski definition) is 2. The van der Waals surface area contributed by atoms with Crippen LogP contribution in [0.3, 0.4) is 0 Å². The number of halogens is 2.